The summed E-state index contributed by atoms with van der Waals surface area (Å²) in [6.07, 6.45) is 1.03. The predicted octanol–water partition coefficient (Wildman–Crippen LogP) is 3.43. The van der Waals surface area contributed by atoms with E-state index in [0.29, 0.717) is 25.0 Å². The third-order valence-electron chi connectivity index (χ3n) is 4.27. The van der Waals surface area contributed by atoms with Crippen molar-refractivity contribution < 1.29 is 9.50 Å². The number of aliphatic hydroxyl groups excluding tert-OH is 1. The molecule has 1 aromatic carbocycles. The number of guanidine groups is 1. The molecular formula is C20H31FIN5O. The standard InChI is InChI=1S/C20H30FN5O.HI/c1-6-22-20(23-11-18(27)16-9-7-8-10-17(16)21)25(4)12-15-13-26(5)24-19(15)14(2)3;/h7-10,13-14,18,27H,6,11-12H2,1-5H3,(H,22,23);1H. The van der Waals surface area contributed by atoms with Crippen LogP contribution in [0.3, 0.4) is 0 Å². The van der Waals surface area contributed by atoms with Crippen LogP contribution in [0.15, 0.2) is 35.5 Å². The molecule has 1 aromatic heterocycles. The van der Waals surface area contributed by atoms with Gasteiger partial charge in [0.25, 0.3) is 0 Å². The predicted molar refractivity (Wildman–Crippen MR) is 122 cm³/mol. The van der Waals surface area contributed by atoms with Crippen molar-refractivity contribution in [2.45, 2.75) is 39.3 Å². The second kappa shape index (κ2) is 11.4. The minimum Gasteiger partial charge on any atom is -0.386 e. The van der Waals surface area contributed by atoms with E-state index >= 15 is 0 Å². The molecule has 2 rings (SSSR count). The summed E-state index contributed by atoms with van der Waals surface area (Å²) in [7, 11) is 3.85. The number of halogens is 2. The molecule has 0 aliphatic rings. The molecule has 156 valence electrons. The Morgan fingerprint density at radius 1 is 1.36 bits per heavy atom. The Hall–Kier alpha value is -1.68. The first-order chi connectivity index (χ1) is 12.8. The molecule has 0 bridgehead atoms. The number of aromatic nitrogens is 2. The maximum atomic E-state index is 13.8. The summed E-state index contributed by atoms with van der Waals surface area (Å²) in [6.45, 7) is 7.65. The quantitative estimate of drug-likeness (QED) is 0.345. The van der Waals surface area contributed by atoms with Crippen molar-refractivity contribution in [2.24, 2.45) is 12.0 Å². The summed E-state index contributed by atoms with van der Waals surface area (Å²) < 4.78 is 15.7. The lowest BCUT2D eigenvalue weighted by Crippen LogP contribution is -2.39. The summed E-state index contributed by atoms with van der Waals surface area (Å²) in [5.41, 5.74) is 2.45. The second-order valence-corrected chi connectivity index (χ2v) is 6.96. The maximum absolute atomic E-state index is 13.8. The Bertz CT molecular complexity index is 778. The highest BCUT2D eigenvalue weighted by Crippen LogP contribution is 2.19. The number of rotatable bonds is 7. The van der Waals surface area contributed by atoms with Gasteiger partial charge in [0.1, 0.15) is 11.9 Å². The van der Waals surface area contributed by atoms with Gasteiger partial charge in [-0.1, -0.05) is 32.0 Å². The Labute approximate surface area is 183 Å². The fraction of sp³-hybridized carbons (Fsp3) is 0.500. The van der Waals surface area contributed by atoms with E-state index in [0.717, 1.165) is 11.3 Å². The first-order valence-corrected chi connectivity index (χ1v) is 9.27. The van der Waals surface area contributed by atoms with Gasteiger partial charge < -0.3 is 15.3 Å². The molecule has 2 aromatic rings. The number of aliphatic hydroxyl groups is 1. The highest BCUT2D eigenvalue weighted by Gasteiger charge is 2.16. The van der Waals surface area contributed by atoms with Gasteiger partial charge in [-0.05, 0) is 18.9 Å². The molecule has 8 heteroatoms. The van der Waals surface area contributed by atoms with Gasteiger partial charge in [0, 0.05) is 44.5 Å². The number of nitrogens with zero attached hydrogens (tertiary/aromatic N) is 4. The van der Waals surface area contributed by atoms with Crippen molar-refractivity contribution in [3.8, 4) is 0 Å². The molecule has 0 aliphatic heterocycles. The van der Waals surface area contributed by atoms with Gasteiger partial charge in [-0.3, -0.25) is 9.67 Å². The molecular weight excluding hydrogens is 472 g/mol. The van der Waals surface area contributed by atoms with Crippen LogP contribution in [0.4, 0.5) is 4.39 Å². The van der Waals surface area contributed by atoms with E-state index < -0.39 is 11.9 Å². The summed E-state index contributed by atoms with van der Waals surface area (Å²) in [5.74, 6) is 0.568. The first kappa shape index (κ1) is 24.4. The fourth-order valence-corrected chi connectivity index (χ4v) is 2.98. The van der Waals surface area contributed by atoms with E-state index in [2.05, 4.69) is 29.3 Å². The molecule has 0 fully saturated rings. The average Bonchev–Trinajstić information content (AvgIpc) is 2.99. The molecule has 0 saturated carbocycles. The molecule has 0 spiro atoms. The van der Waals surface area contributed by atoms with Crippen molar-refractivity contribution in [1.29, 1.82) is 0 Å². The molecule has 0 radical (unpaired) electrons. The second-order valence-electron chi connectivity index (χ2n) is 6.96. The molecule has 2 N–H and O–H groups in total. The Balaban J connectivity index is 0.00000392. The average molecular weight is 503 g/mol. The third kappa shape index (κ3) is 6.44. The zero-order chi connectivity index (χ0) is 20.0. The number of nitrogens with one attached hydrogen (secondary N) is 1. The molecule has 6 nitrogen and oxygen atoms in total. The van der Waals surface area contributed by atoms with Crippen molar-refractivity contribution in [3.63, 3.8) is 0 Å². The highest BCUT2D eigenvalue weighted by molar-refractivity contribution is 14.0. The summed E-state index contributed by atoms with van der Waals surface area (Å²) >= 11 is 0. The first-order valence-electron chi connectivity index (χ1n) is 9.27. The van der Waals surface area contributed by atoms with Crippen LogP contribution in [0.1, 0.15) is 49.6 Å². The monoisotopic (exact) mass is 503 g/mol. The Kier molecular flexibility index (Phi) is 9.88. The fourth-order valence-electron chi connectivity index (χ4n) is 2.98. The molecule has 1 unspecified atom stereocenters. The molecule has 1 atom stereocenters. The summed E-state index contributed by atoms with van der Waals surface area (Å²) in [5, 5.41) is 18.1. The zero-order valence-electron chi connectivity index (χ0n) is 17.2. The third-order valence-corrected chi connectivity index (χ3v) is 4.27. The summed E-state index contributed by atoms with van der Waals surface area (Å²) in [6, 6.07) is 6.23. The molecule has 28 heavy (non-hydrogen) atoms. The van der Waals surface area contributed by atoms with Crippen LogP contribution in [-0.2, 0) is 13.6 Å². The lowest BCUT2D eigenvalue weighted by Gasteiger charge is -2.23. The van der Waals surface area contributed by atoms with Gasteiger partial charge in [-0.25, -0.2) is 4.39 Å². The van der Waals surface area contributed by atoms with Gasteiger partial charge in [-0.2, -0.15) is 5.10 Å². The van der Waals surface area contributed by atoms with Crippen LogP contribution in [-0.4, -0.2) is 45.9 Å². The van der Waals surface area contributed by atoms with Gasteiger partial charge in [0.2, 0.25) is 0 Å². The number of benzene rings is 1. The van der Waals surface area contributed by atoms with Gasteiger partial charge in [-0.15, -0.1) is 24.0 Å². The number of hydrogen-bond acceptors (Lipinski definition) is 3. The van der Waals surface area contributed by atoms with E-state index in [1.807, 2.05) is 36.8 Å². The number of hydrogen-bond donors (Lipinski definition) is 2. The van der Waals surface area contributed by atoms with Crippen LogP contribution < -0.4 is 5.32 Å². The van der Waals surface area contributed by atoms with Crippen molar-refractivity contribution in [3.05, 3.63) is 53.1 Å². The van der Waals surface area contributed by atoms with Crippen LogP contribution >= 0.6 is 24.0 Å². The van der Waals surface area contributed by atoms with E-state index in [4.69, 9.17) is 0 Å². The lowest BCUT2D eigenvalue weighted by atomic mass is 10.1. The van der Waals surface area contributed by atoms with Crippen LogP contribution in [0.25, 0.3) is 0 Å². The van der Waals surface area contributed by atoms with Crippen LogP contribution in [0, 0.1) is 5.82 Å². The molecule has 0 aliphatic carbocycles. The van der Waals surface area contributed by atoms with Crippen LogP contribution in [0.5, 0.6) is 0 Å². The van der Waals surface area contributed by atoms with Crippen molar-refractivity contribution >= 4 is 29.9 Å². The minimum absolute atomic E-state index is 0. The smallest absolute Gasteiger partial charge is 0.194 e. The van der Waals surface area contributed by atoms with Gasteiger partial charge in [0.05, 0.1) is 12.2 Å². The van der Waals surface area contributed by atoms with Gasteiger partial charge in [0.15, 0.2) is 5.96 Å². The lowest BCUT2D eigenvalue weighted by molar-refractivity contribution is 0.181. The number of aliphatic imine (C=N–C) groups is 1. The summed E-state index contributed by atoms with van der Waals surface area (Å²) in [4.78, 5) is 6.48. The highest BCUT2D eigenvalue weighted by atomic mass is 127. The molecule has 0 amide bonds. The Morgan fingerprint density at radius 2 is 2.04 bits per heavy atom. The van der Waals surface area contributed by atoms with Crippen LogP contribution in [0.2, 0.25) is 0 Å². The van der Waals surface area contributed by atoms with E-state index in [-0.39, 0.29) is 36.1 Å². The van der Waals surface area contributed by atoms with Crippen molar-refractivity contribution in [1.82, 2.24) is 20.0 Å². The minimum atomic E-state index is -0.988. The zero-order valence-corrected chi connectivity index (χ0v) is 19.5. The van der Waals surface area contributed by atoms with E-state index in [9.17, 15) is 9.50 Å². The normalized spacial score (nSPS) is 12.6. The molecule has 1 heterocycles. The Morgan fingerprint density at radius 3 is 2.64 bits per heavy atom. The topological polar surface area (TPSA) is 65.7 Å². The van der Waals surface area contributed by atoms with Gasteiger partial charge >= 0.3 is 0 Å². The SMILES string of the molecule is CCNC(=NCC(O)c1ccccc1F)N(C)Cc1cn(C)nc1C(C)C.I. The van der Waals surface area contributed by atoms with E-state index in [1.165, 1.54) is 6.07 Å². The molecule has 0 saturated heterocycles. The van der Waals surface area contributed by atoms with Crippen molar-refractivity contribution in [2.75, 3.05) is 20.1 Å². The maximum Gasteiger partial charge on any atom is 0.194 e. The largest absolute Gasteiger partial charge is 0.386 e. The van der Waals surface area contributed by atoms with E-state index in [1.54, 1.807) is 18.2 Å². The number of aryl methyl sites for hydroxylation is 1.